The summed E-state index contributed by atoms with van der Waals surface area (Å²) >= 11 is 0. The number of rotatable bonds is 2. The number of para-hydroxylation sites is 1. The number of nitrogens with one attached hydrogen (secondary N) is 2. The lowest BCUT2D eigenvalue weighted by Crippen LogP contribution is -2.51. The van der Waals surface area contributed by atoms with Gasteiger partial charge in [0, 0.05) is 31.4 Å². The number of hydrogen-bond acceptors (Lipinski definition) is 4. The second kappa shape index (κ2) is 6.37. The minimum atomic E-state index is -0.809. The molecule has 1 atom stereocenters. The van der Waals surface area contributed by atoms with E-state index in [0.717, 1.165) is 38.0 Å². The number of anilines is 1. The van der Waals surface area contributed by atoms with Gasteiger partial charge < -0.3 is 10.2 Å². The van der Waals surface area contributed by atoms with Crippen molar-refractivity contribution in [1.29, 1.82) is 0 Å². The fraction of sp³-hybridized carbons (Fsp3) is 0.438. The molecule has 23 heavy (non-hydrogen) atoms. The summed E-state index contributed by atoms with van der Waals surface area (Å²) in [4.78, 5) is 37.9. The summed E-state index contributed by atoms with van der Waals surface area (Å²) in [5.74, 6) is -1.77. The number of likely N-dealkylation sites (N-methyl/N-ethyl adjacent to an activating group) is 1. The highest BCUT2D eigenvalue weighted by atomic mass is 16.2. The standard InChI is InChI=1S/C16H20N4O3/c1-19-12-8-4-3-7-11(12)13(16(19)23)17-14(21)15(22)18-20-9-5-2-6-10-20/h3-4,7-8,13H,2,5-6,9-10H2,1H3,(H,17,21)(H,18,22)/t13-/m1/s1. The molecular formula is C16H20N4O3. The molecule has 7 nitrogen and oxygen atoms in total. The molecule has 0 saturated carbocycles. The number of piperidine rings is 1. The molecule has 2 heterocycles. The quantitative estimate of drug-likeness (QED) is 0.771. The summed E-state index contributed by atoms with van der Waals surface area (Å²) < 4.78 is 0. The molecule has 0 aromatic heterocycles. The lowest BCUT2D eigenvalue weighted by Gasteiger charge is -2.26. The predicted molar refractivity (Wildman–Crippen MR) is 84.3 cm³/mol. The van der Waals surface area contributed by atoms with Gasteiger partial charge in [-0.2, -0.15) is 0 Å². The zero-order valence-electron chi connectivity index (χ0n) is 13.0. The molecule has 1 aromatic rings. The van der Waals surface area contributed by atoms with Crippen LogP contribution in [0.2, 0.25) is 0 Å². The van der Waals surface area contributed by atoms with E-state index in [0.29, 0.717) is 5.56 Å². The number of fused-ring (bicyclic) bond motifs is 1. The van der Waals surface area contributed by atoms with Crippen LogP contribution >= 0.6 is 0 Å². The van der Waals surface area contributed by atoms with Crippen molar-refractivity contribution >= 4 is 23.4 Å². The Morgan fingerprint density at radius 3 is 2.52 bits per heavy atom. The van der Waals surface area contributed by atoms with E-state index in [1.165, 1.54) is 4.90 Å². The Kier molecular flexibility index (Phi) is 4.29. The van der Waals surface area contributed by atoms with Gasteiger partial charge >= 0.3 is 11.8 Å². The van der Waals surface area contributed by atoms with Crippen molar-refractivity contribution in [1.82, 2.24) is 15.8 Å². The highest BCUT2D eigenvalue weighted by Crippen LogP contribution is 2.34. The van der Waals surface area contributed by atoms with Crippen molar-refractivity contribution in [2.24, 2.45) is 0 Å². The fourth-order valence-corrected chi connectivity index (χ4v) is 3.02. The molecule has 1 aromatic carbocycles. The maximum absolute atomic E-state index is 12.3. The van der Waals surface area contributed by atoms with Crippen molar-refractivity contribution in [3.63, 3.8) is 0 Å². The smallest absolute Gasteiger partial charge is 0.323 e. The molecule has 0 radical (unpaired) electrons. The molecule has 0 aliphatic carbocycles. The molecule has 2 aliphatic heterocycles. The summed E-state index contributed by atoms with van der Waals surface area (Å²) in [5, 5.41) is 4.29. The molecule has 3 rings (SSSR count). The zero-order valence-corrected chi connectivity index (χ0v) is 13.0. The van der Waals surface area contributed by atoms with Gasteiger partial charge in [0.2, 0.25) is 0 Å². The maximum atomic E-state index is 12.3. The van der Waals surface area contributed by atoms with Gasteiger partial charge in [-0.05, 0) is 18.9 Å². The highest BCUT2D eigenvalue weighted by Gasteiger charge is 2.37. The average molecular weight is 316 g/mol. The Bertz CT molecular complexity index is 640. The van der Waals surface area contributed by atoms with E-state index >= 15 is 0 Å². The molecular weight excluding hydrogens is 296 g/mol. The molecule has 2 N–H and O–H groups in total. The summed E-state index contributed by atoms with van der Waals surface area (Å²) in [5.41, 5.74) is 4.06. The normalized spacial score (nSPS) is 21.0. The van der Waals surface area contributed by atoms with E-state index in [1.807, 2.05) is 12.1 Å². The number of amides is 3. The molecule has 122 valence electrons. The second-order valence-electron chi connectivity index (χ2n) is 5.85. The molecule has 0 spiro atoms. The third-order valence-electron chi connectivity index (χ3n) is 4.28. The topological polar surface area (TPSA) is 81.8 Å². The summed E-state index contributed by atoms with van der Waals surface area (Å²) in [6.07, 6.45) is 3.14. The van der Waals surface area contributed by atoms with E-state index < -0.39 is 17.9 Å². The Hall–Kier alpha value is -2.41. The lowest BCUT2D eigenvalue weighted by molar-refractivity contribution is -0.143. The largest absolute Gasteiger partial charge is 0.332 e. The van der Waals surface area contributed by atoms with Crippen LogP contribution in [0.3, 0.4) is 0 Å². The molecule has 0 unspecified atom stereocenters. The van der Waals surface area contributed by atoms with Crippen molar-refractivity contribution in [3.8, 4) is 0 Å². The first kappa shape index (κ1) is 15.5. The van der Waals surface area contributed by atoms with Gasteiger partial charge in [0.15, 0.2) is 0 Å². The number of carbonyl (C=O) groups is 3. The van der Waals surface area contributed by atoms with Gasteiger partial charge in [-0.3, -0.25) is 19.8 Å². The molecule has 0 bridgehead atoms. The second-order valence-corrected chi connectivity index (χ2v) is 5.85. The molecule has 2 aliphatic rings. The number of nitrogens with zero attached hydrogens (tertiary/aromatic N) is 2. The van der Waals surface area contributed by atoms with Crippen molar-refractivity contribution in [2.45, 2.75) is 25.3 Å². The monoisotopic (exact) mass is 316 g/mol. The van der Waals surface area contributed by atoms with Crippen LogP contribution in [0.1, 0.15) is 30.9 Å². The van der Waals surface area contributed by atoms with E-state index in [9.17, 15) is 14.4 Å². The number of carbonyl (C=O) groups excluding carboxylic acids is 3. The third kappa shape index (κ3) is 3.05. The first-order chi connectivity index (χ1) is 11.1. The number of benzene rings is 1. The van der Waals surface area contributed by atoms with Crippen LogP contribution in [-0.4, -0.2) is 42.9 Å². The van der Waals surface area contributed by atoms with E-state index in [1.54, 1.807) is 24.2 Å². The SMILES string of the molecule is CN1C(=O)[C@H](NC(=O)C(=O)NN2CCCCC2)c2ccccc21. The van der Waals surface area contributed by atoms with Crippen molar-refractivity contribution in [3.05, 3.63) is 29.8 Å². The summed E-state index contributed by atoms with van der Waals surface area (Å²) in [6.45, 7) is 1.49. The van der Waals surface area contributed by atoms with E-state index in [4.69, 9.17) is 0 Å². The fourth-order valence-electron chi connectivity index (χ4n) is 3.02. The van der Waals surface area contributed by atoms with Crippen LogP contribution in [0.5, 0.6) is 0 Å². The van der Waals surface area contributed by atoms with Gasteiger partial charge in [-0.25, -0.2) is 5.01 Å². The van der Waals surface area contributed by atoms with Gasteiger partial charge in [0.05, 0.1) is 0 Å². The minimum Gasteiger partial charge on any atom is -0.332 e. The van der Waals surface area contributed by atoms with E-state index in [-0.39, 0.29) is 5.91 Å². The van der Waals surface area contributed by atoms with Crippen LogP contribution in [0, 0.1) is 0 Å². The zero-order chi connectivity index (χ0) is 16.4. The van der Waals surface area contributed by atoms with Gasteiger partial charge in [-0.15, -0.1) is 0 Å². The van der Waals surface area contributed by atoms with Crippen molar-refractivity contribution < 1.29 is 14.4 Å². The minimum absolute atomic E-state index is 0.245. The van der Waals surface area contributed by atoms with Crippen LogP contribution in [0.15, 0.2) is 24.3 Å². The van der Waals surface area contributed by atoms with E-state index in [2.05, 4.69) is 10.7 Å². The highest BCUT2D eigenvalue weighted by molar-refractivity contribution is 6.35. The van der Waals surface area contributed by atoms with Gasteiger partial charge in [0.25, 0.3) is 5.91 Å². The number of hydrazine groups is 1. The van der Waals surface area contributed by atoms with Crippen LogP contribution in [0.25, 0.3) is 0 Å². The molecule has 3 amide bonds. The Morgan fingerprint density at radius 1 is 1.09 bits per heavy atom. The van der Waals surface area contributed by atoms with Crippen molar-refractivity contribution in [2.75, 3.05) is 25.0 Å². The first-order valence-corrected chi connectivity index (χ1v) is 7.81. The first-order valence-electron chi connectivity index (χ1n) is 7.81. The molecule has 7 heteroatoms. The number of hydrogen-bond donors (Lipinski definition) is 2. The maximum Gasteiger partial charge on any atom is 0.323 e. The Labute approximate surface area is 134 Å². The van der Waals surface area contributed by atoms with Gasteiger partial charge in [-0.1, -0.05) is 24.6 Å². The summed E-state index contributed by atoms with van der Waals surface area (Å²) in [7, 11) is 1.65. The molecule has 1 saturated heterocycles. The Balaban J connectivity index is 1.65. The van der Waals surface area contributed by atoms with Gasteiger partial charge in [0.1, 0.15) is 6.04 Å². The summed E-state index contributed by atoms with van der Waals surface area (Å²) in [6, 6.07) is 6.42. The molecule has 1 fully saturated rings. The van der Waals surface area contributed by atoms with Crippen LogP contribution in [-0.2, 0) is 14.4 Å². The van der Waals surface area contributed by atoms with Crippen LogP contribution < -0.4 is 15.6 Å². The van der Waals surface area contributed by atoms with Crippen LogP contribution in [0.4, 0.5) is 5.69 Å². The lowest BCUT2D eigenvalue weighted by atomic mass is 10.1. The Morgan fingerprint density at radius 2 is 1.78 bits per heavy atom. The predicted octanol–water partition coefficient (Wildman–Crippen LogP) is 0.337. The average Bonchev–Trinajstić information content (AvgIpc) is 2.81. The third-order valence-corrected chi connectivity index (χ3v) is 4.28.